The van der Waals surface area contributed by atoms with E-state index in [9.17, 15) is 23.3 Å². The summed E-state index contributed by atoms with van der Waals surface area (Å²) in [7, 11) is -0.701. The van der Waals surface area contributed by atoms with E-state index < -0.39 is 27.4 Å². The van der Waals surface area contributed by atoms with Crippen LogP contribution in [0.15, 0.2) is 50.9 Å². The van der Waals surface area contributed by atoms with Crippen molar-refractivity contribution in [1.29, 1.82) is 10.5 Å². The van der Waals surface area contributed by atoms with Crippen LogP contribution in [0.3, 0.4) is 0 Å². The molecule has 1 atom stereocenters. The Morgan fingerprint density at radius 3 is 2.49 bits per heavy atom. The zero-order valence-corrected chi connectivity index (χ0v) is 21.3. The third-order valence-corrected chi connectivity index (χ3v) is 8.60. The van der Waals surface area contributed by atoms with Crippen LogP contribution in [0.2, 0.25) is 0 Å². The number of hydrogen-bond donors (Lipinski definition) is 1. The fourth-order valence-electron chi connectivity index (χ4n) is 4.69. The topological polar surface area (TPSA) is 162 Å². The first-order valence-electron chi connectivity index (χ1n) is 11.6. The van der Waals surface area contributed by atoms with Crippen LogP contribution in [-0.2, 0) is 19.6 Å². The molecule has 192 valence electrons. The average molecular weight is 523 g/mol. The highest BCUT2D eigenvalue weighted by atomic mass is 32.2. The van der Waals surface area contributed by atoms with E-state index in [0.29, 0.717) is 43.2 Å². The van der Waals surface area contributed by atoms with Crippen LogP contribution in [0, 0.1) is 28.6 Å². The number of fused-ring (bicyclic) bond motifs is 1. The first-order valence-corrected chi connectivity index (χ1v) is 13.0. The van der Waals surface area contributed by atoms with Gasteiger partial charge < -0.3 is 4.90 Å². The summed E-state index contributed by atoms with van der Waals surface area (Å²) in [4.78, 5) is 35.3. The lowest BCUT2D eigenvalue weighted by Crippen LogP contribution is -2.58. The highest BCUT2D eigenvalue weighted by Gasteiger charge is 2.50. The number of nitriles is 2. The predicted molar refractivity (Wildman–Crippen MR) is 133 cm³/mol. The van der Waals surface area contributed by atoms with E-state index in [1.54, 1.807) is 28.1 Å². The van der Waals surface area contributed by atoms with Gasteiger partial charge in [0.25, 0.3) is 5.91 Å². The fourth-order valence-corrected chi connectivity index (χ4v) is 5.59. The molecule has 13 heteroatoms. The Bertz CT molecular complexity index is 1370. The molecule has 0 saturated carbocycles. The number of nitrogens with one attached hydrogen (secondary N) is 1. The summed E-state index contributed by atoms with van der Waals surface area (Å²) in [6.45, 7) is 0.739. The number of rotatable bonds is 6. The van der Waals surface area contributed by atoms with E-state index in [2.05, 4.69) is 21.5 Å². The smallest absolute Gasteiger partial charge is 0.262 e. The minimum atomic E-state index is -3.60. The monoisotopic (exact) mass is 522 g/mol. The Kier molecular flexibility index (Phi) is 7.12. The number of carbonyl (C=O) groups is 2. The largest absolute Gasteiger partial charge is 0.342 e. The summed E-state index contributed by atoms with van der Waals surface area (Å²) in [5, 5.41) is 20.3. The number of amidine groups is 1. The lowest BCUT2D eigenvalue weighted by Gasteiger charge is -2.47. The fraction of sp³-hybridized carbons (Fsp3) is 0.417. The van der Waals surface area contributed by atoms with Crippen molar-refractivity contribution in [3.05, 3.63) is 36.0 Å². The lowest BCUT2D eigenvalue weighted by atomic mass is 9.83. The number of likely N-dealkylation sites (tertiary alicyclic amines) is 1. The van der Waals surface area contributed by atoms with Gasteiger partial charge in [-0.3, -0.25) is 20.0 Å². The Balaban J connectivity index is 1.65. The zero-order valence-electron chi connectivity index (χ0n) is 20.5. The van der Waals surface area contributed by atoms with E-state index in [0.717, 1.165) is 4.31 Å². The van der Waals surface area contributed by atoms with Gasteiger partial charge in [-0.25, -0.2) is 22.7 Å². The highest BCUT2D eigenvalue weighted by Crippen LogP contribution is 2.40. The maximum absolute atomic E-state index is 12.8. The van der Waals surface area contributed by atoms with Crippen molar-refractivity contribution < 1.29 is 18.0 Å². The highest BCUT2D eigenvalue weighted by molar-refractivity contribution is 7.89. The Morgan fingerprint density at radius 1 is 1.22 bits per heavy atom. The molecule has 3 aliphatic heterocycles. The Morgan fingerprint density at radius 2 is 1.89 bits per heavy atom. The van der Waals surface area contributed by atoms with Gasteiger partial charge in [-0.1, -0.05) is 0 Å². The molecular weight excluding hydrogens is 496 g/mol. The summed E-state index contributed by atoms with van der Waals surface area (Å²) in [5.41, 5.74) is 3.56. The number of allylic oxidation sites excluding steroid dienone is 1. The lowest BCUT2D eigenvalue weighted by molar-refractivity contribution is -0.132. The number of dihydropyridines is 1. The van der Waals surface area contributed by atoms with E-state index in [1.807, 2.05) is 6.07 Å². The second kappa shape index (κ2) is 10.1. The minimum Gasteiger partial charge on any atom is -0.342 e. The van der Waals surface area contributed by atoms with E-state index in [4.69, 9.17) is 5.26 Å². The van der Waals surface area contributed by atoms with Crippen LogP contribution < -0.4 is 5.43 Å². The molecule has 0 spiro atoms. The molecule has 0 bridgehead atoms. The SMILES string of the molecule is CN(C)S(=O)(=O)c1ccc(N=C2NN(C3(CC#N)CCN(C(=O)CC#N)CC3)C3=CC=NC(=O)C32)cc1. The molecule has 2 amide bonds. The minimum absolute atomic E-state index is 0.118. The van der Waals surface area contributed by atoms with Gasteiger partial charge in [-0.15, -0.1) is 0 Å². The van der Waals surface area contributed by atoms with Crippen molar-refractivity contribution in [1.82, 2.24) is 19.6 Å². The summed E-state index contributed by atoms with van der Waals surface area (Å²) < 4.78 is 25.9. The van der Waals surface area contributed by atoms with Crippen LogP contribution in [0.25, 0.3) is 0 Å². The average Bonchev–Trinajstić information content (AvgIpc) is 3.25. The maximum Gasteiger partial charge on any atom is 0.262 e. The summed E-state index contributed by atoms with van der Waals surface area (Å²) in [5.74, 6) is -1.14. The molecule has 3 heterocycles. The quantitative estimate of drug-likeness (QED) is 0.580. The summed E-state index contributed by atoms with van der Waals surface area (Å²) in [6.07, 6.45) is 3.96. The molecular formula is C24H26N8O4S. The van der Waals surface area contributed by atoms with Gasteiger partial charge in [-0.05, 0) is 43.2 Å². The molecule has 0 aromatic heterocycles. The van der Waals surface area contributed by atoms with E-state index in [1.165, 1.54) is 32.4 Å². The third kappa shape index (κ3) is 4.83. The molecule has 0 radical (unpaired) electrons. The number of hydrogen-bond acceptors (Lipinski definition) is 8. The molecule has 1 aromatic rings. The number of benzene rings is 1. The van der Waals surface area contributed by atoms with Gasteiger partial charge in [0.15, 0.2) is 0 Å². The number of amides is 2. The second-order valence-corrected chi connectivity index (χ2v) is 11.3. The normalized spacial score (nSPS) is 21.8. The third-order valence-electron chi connectivity index (χ3n) is 6.77. The number of hydrazine groups is 1. The van der Waals surface area contributed by atoms with Gasteiger partial charge in [0, 0.05) is 33.4 Å². The molecule has 3 aliphatic rings. The molecule has 2 saturated heterocycles. The molecule has 2 fully saturated rings. The van der Waals surface area contributed by atoms with Crippen LogP contribution in [0.4, 0.5) is 5.69 Å². The van der Waals surface area contributed by atoms with Crippen molar-refractivity contribution in [2.75, 3.05) is 27.2 Å². The zero-order chi connectivity index (χ0) is 26.8. The van der Waals surface area contributed by atoms with Crippen LogP contribution >= 0.6 is 0 Å². The summed E-state index contributed by atoms with van der Waals surface area (Å²) >= 11 is 0. The number of nitrogens with zero attached hydrogens (tertiary/aromatic N) is 7. The van der Waals surface area contributed by atoms with Crippen molar-refractivity contribution in [3.8, 4) is 12.1 Å². The van der Waals surface area contributed by atoms with E-state index >= 15 is 0 Å². The number of sulfonamides is 1. The predicted octanol–water partition coefficient (Wildman–Crippen LogP) is 1.09. The molecule has 1 N–H and O–H groups in total. The van der Waals surface area contributed by atoms with Gasteiger partial charge >= 0.3 is 0 Å². The van der Waals surface area contributed by atoms with Crippen molar-refractivity contribution in [2.45, 2.75) is 36.1 Å². The van der Waals surface area contributed by atoms with Crippen LogP contribution in [0.5, 0.6) is 0 Å². The standard InChI is InChI=1S/C24H26N8O4S/c1-30(2)37(35,36)18-5-3-17(4-6-18)28-22-21-19(8-14-27-23(21)34)32(29-22)24(9-13-26)10-15-31(16-11-24)20(33)7-12-25/h3-6,8,14,21H,7,9-11,15-16H2,1-2H3,(H,28,29). The van der Waals surface area contributed by atoms with Gasteiger partial charge in [0.1, 0.15) is 18.2 Å². The first-order chi connectivity index (χ1) is 17.6. The maximum atomic E-state index is 12.8. The van der Waals surface area contributed by atoms with Crippen molar-refractivity contribution >= 4 is 39.6 Å². The number of aliphatic imine (C=N–C) groups is 2. The Hall–Kier alpha value is -4.07. The molecule has 37 heavy (non-hydrogen) atoms. The molecule has 12 nitrogen and oxygen atoms in total. The molecule has 1 aromatic carbocycles. The van der Waals surface area contributed by atoms with Gasteiger partial charge in [0.2, 0.25) is 15.9 Å². The molecule has 4 rings (SSSR count). The second-order valence-electron chi connectivity index (χ2n) is 9.14. The van der Waals surface area contributed by atoms with Crippen LogP contribution in [0.1, 0.15) is 25.7 Å². The number of carbonyl (C=O) groups excluding carboxylic acids is 2. The van der Waals surface area contributed by atoms with Crippen molar-refractivity contribution in [3.63, 3.8) is 0 Å². The van der Waals surface area contributed by atoms with Crippen molar-refractivity contribution in [2.24, 2.45) is 15.9 Å². The summed E-state index contributed by atoms with van der Waals surface area (Å²) in [6, 6.07) is 10.1. The Labute approximate surface area is 215 Å². The van der Waals surface area contributed by atoms with Gasteiger partial charge in [0.05, 0.1) is 40.4 Å². The van der Waals surface area contributed by atoms with E-state index in [-0.39, 0.29) is 23.6 Å². The number of piperidine rings is 1. The molecule has 1 unspecified atom stereocenters. The first kappa shape index (κ1) is 26.0. The molecule has 0 aliphatic carbocycles. The van der Waals surface area contributed by atoms with Gasteiger partial charge in [-0.2, -0.15) is 10.5 Å². The van der Waals surface area contributed by atoms with Crippen LogP contribution in [-0.4, -0.2) is 79.2 Å².